The van der Waals surface area contributed by atoms with Gasteiger partial charge in [-0.2, -0.15) is 0 Å². The second-order valence-corrected chi connectivity index (χ2v) is 4.41. The SMILES string of the molecule is O=c1cc2cc(Cl)c(Cl)cc2c(Br)[nH]1. The van der Waals surface area contributed by atoms with Gasteiger partial charge in [-0.25, -0.2) is 0 Å². The highest BCUT2D eigenvalue weighted by molar-refractivity contribution is 9.10. The fourth-order valence-electron chi connectivity index (χ4n) is 1.22. The maximum absolute atomic E-state index is 11.1. The van der Waals surface area contributed by atoms with Crippen LogP contribution in [0.15, 0.2) is 27.6 Å². The summed E-state index contributed by atoms with van der Waals surface area (Å²) in [7, 11) is 0. The molecule has 0 saturated heterocycles. The van der Waals surface area contributed by atoms with Crippen molar-refractivity contribution in [2.75, 3.05) is 0 Å². The molecule has 72 valence electrons. The molecular weight excluding hydrogens is 289 g/mol. The van der Waals surface area contributed by atoms with Gasteiger partial charge in [0.05, 0.1) is 14.6 Å². The number of fused-ring (bicyclic) bond motifs is 1. The highest BCUT2D eigenvalue weighted by atomic mass is 79.9. The molecule has 2 rings (SSSR count). The molecule has 0 atom stereocenters. The lowest BCUT2D eigenvalue weighted by molar-refractivity contribution is 1.23. The smallest absolute Gasteiger partial charge is 0.249 e. The van der Waals surface area contributed by atoms with E-state index in [1.54, 1.807) is 12.1 Å². The fourth-order valence-corrected chi connectivity index (χ4v) is 2.10. The van der Waals surface area contributed by atoms with Crippen molar-refractivity contribution < 1.29 is 0 Å². The van der Waals surface area contributed by atoms with Crippen molar-refractivity contribution in [3.8, 4) is 0 Å². The molecule has 0 amide bonds. The number of aromatic nitrogens is 1. The van der Waals surface area contributed by atoms with E-state index in [1.165, 1.54) is 6.07 Å². The van der Waals surface area contributed by atoms with Gasteiger partial charge in [-0.1, -0.05) is 23.2 Å². The lowest BCUT2D eigenvalue weighted by Crippen LogP contribution is -2.03. The van der Waals surface area contributed by atoms with Crippen molar-refractivity contribution in [1.82, 2.24) is 4.98 Å². The molecule has 1 aromatic carbocycles. The Balaban J connectivity index is 2.96. The third kappa shape index (κ3) is 1.67. The number of rotatable bonds is 0. The molecule has 0 saturated carbocycles. The summed E-state index contributed by atoms with van der Waals surface area (Å²) < 4.78 is 0.610. The van der Waals surface area contributed by atoms with Crippen LogP contribution in [0.25, 0.3) is 10.8 Å². The van der Waals surface area contributed by atoms with Crippen LogP contribution < -0.4 is 5.56 Å². The van der Waals surface area contributed by atoms with Gasteiger partial charge in [0.25, 0.3) is 0 Å². The van der Waals surface area contributed by atoms with Gasteiger partial charge in [-0.15, -0.1) is 0 Å². The minimum Gasteiger partial charge on any atom is -0.316 e. The number of halogens is 3. The minimum atomic E-state index is -0.178. The number of nitrogens with one attached hydrogen (secondary N) is 1. The molecule has 5 heteroatoms. The van der Waals surface area contributed by atoms with Gasteiger partial charge >= 0.3 is 0 Å². The number of benzene rings is 1. The first-order valence-corrected chi connectivity index (χ1v) is 5.30. The third-order valence-electron chi connectivity index (χ3n) is 1.85. The average molecular weight is 293 g/mol. The number of H-pyrrole nitrogens is 1. The minimum absolute atomic E-state index is 0.178. The molecule has 0 radical (unpaired) electrons. The molecule has 0 bridgehead atoms. The van der Waals surface area contributed by atoms with E-state index in [-0.39, 0.29) is 5.56 Å². The summed E-state index contributed by atoms with van der Waals surface area (Å²) in [4.78, 5) is 13.8. The normalized spacial score (nSPS) is 10.8. The Hall–Kier alpha value is -0.510. The van der Waals surface area contributed by atoms with Gasteiger partial charge in [0.1, 0.15) is 0 Å². The van der Waals surface area contributed by atoms with E-state index in [9.17, 15) is 4.79 Å². The van der Waals surface area contributed by atoms with Crippen LogP contribution in [0.4, 0.5) is 0 Å². The summed E-state index contributed by atoms with van der Waals surface area (Å²) in [6, 6.07) is 4.85. The highest BCUT2D eigenvalue weighted by Gasteiger charge is 2.04. The van der Waals surface area contributed by atoms with Crippen molar-refractivity contribution in [3.05, 3.63) is 43.2 Å². The number of pyridine rings is 1. The summed E-state index contributed by atoms with van der Waals surface area (Å²) in [6.07, 6.45) is 0. The van der Waals surface area contributed by atoms with E-state index < -0.39 is 0 Å². The molecule has 0 fully saturated rings. The van der Waals surface area contributed by atoms with E-state index in [4.69, 9.17) is 23.2 Å². The Morgan fingerprint density at radius 1 is 1.14 bits per heavy atom. The maximum Gasteiger partial charge on any atom is 0.249 e. The lowest BCUT2D eigenvalue weighted by atomic mass is 10.2. The summed E-state index contributed by atoms with van der Waals surface area (Å²) >= 11 is 14.9. The largest absolute Gasteiger partial charge is 0.316 e. The zero-order valence-corrected chi connectivity index (χ0v) is 9.87. The molecule has 1 aromatic heterocycles. The van der Waals surface area contributed by atoms with E-state index in [0.29, 0.717) is 14.6 Å². The Bertz CT molecular complexity index is 564. The molecule has 0 spiro atoms. The van der Waals surface area contributed by atoms with E-state index >= 15 is 0 Å². The fraction of sp³-hybridized carbons (Fsp3) is 0. The summed E-state index contributed by atoms with van der Waals surface area (Å²) in [5.41, 5.74) is -0.178. The first-order valence-electron chi connectivity index (χ1n) is 3.75. The van der Waals surface area contributed by atoms with Gasteiger partial charge in [0, 0.05) is 11.5 Å². The second-order valence-electron chi connectivity index (χ2n) is 2.80. The number of aromatic amines is 1. The monoisotopic (exact) mass is 291 g/mol. The third-order valence-corrected chi connectivity index (χ3v) is 3.20. The van der Waals surface area contributed by atoms with E-state index in [0.717, 1.165) is 10.8 Å². The quantitative estimate of drug-likeness (QED) is 0.740. The molecule has 0 aliphatic carbocycles. The van der Waals surface area contributed by atoms with Gasteiger partial charge in [0.15, 0.2) is 0 Å². The zero-order valence-electron chi connectivity index (χ0n) is 6.77. The van der Waals surface area contributed by atoms with Gasteiger partial charge in [-0.05, 0) is 33.4 Å². The van der Waals surface area contributed by atoms with Gasteiger partial charge in [0.2, 0.25) is 5.56 Å². The van der Waals surface area contributed by atoms with Crippen LogP contribution in [0.1, 0.15) is 0 Å². The highest BCUT2D eigenvalue weighted by Crippen LogP contribution is 2.29. The average Bonchev–Trinajstić information content (AvgIpc) is 2.08. The van der Waals surface area contributed by atoms with Crippen LogP contribution in [0.5, 0.6) is 0 Å². The Labute approximate surface area is 98.0 Å². The standard InChI is InChI=1S/C9H4BrCl2NO/c10-9-5-3-7(12)6(11)1-4(5)2-8(14)13-9/h1-3H,(H,13,14). The van der Waals surface area contributed by atoms with Crippen LogP contribution in [-0.2, 0) is 0 Å². The van der Waals surface area contributed by atoms with Crippen molar-refractivity contribution in [2.24, 2.45) is 0 Å². The van der Waals surface area contributed by atoms with Crippen molar-refractivity contribution in [2.45, 2.75) is 0 Å². The summed E-state index contributed by atoms with van der Waals surface area (Å²) in [5, 5.41) is 2.50. The van der Waals surface area contributed by atoms with Crippen LogP contribution in [0.2, 0.25) is 10.0 Å². The molecule has 14 heavy (non-hydrogen) atoms. The molecule has 1 N–H and O–H groups in total. The number of hydrogen-bond acceptors (Lipinski definition) is 1. The molecule has 0 aliphatic rings. The molecule has 0 unspecified atom stereocenters. The van der Waals surface area contributed by atoms with Crippen molar-refractivity contribution in [3.63, 3.8) is 0 Å². The molecular formula is C9H4BrCl2NO. The van der Waals surface area contributed by atoms with Crippen molar-refractivity contribution in [1.29, 1.82) is 0 Å². The summed E-state index contributed by atoms with van der Waals surface area (Å²) in [5.74, 6) is 0. The summed E-state index contributed by atoms with van der Waals surface area (Å²) in [6.45, 7) is 0. The first kappa shape index (κ1) is 10.0. The Morgan fingerprint density at radius 2 is 1.79 bits per heavy atom. The van der Waals surface area contributed by atoms with Crippen LogP contribution in [-0.4, -0.2) is 4.98 Å². The number of hydrogen-bond donors (Lipinski definition) is 1. The second kappa shape index (κ2) is 3.57. The Kier molecular flexibility index (Phi) is 2.56. The first-order chi connectivity index (χ1) is 6.58. The topological polar surface area (TPSA) is 32.9 Å². The zero-order chi connectivity index (χ0) is 10.3. The van der Waals surface area contributed by atoms with Gasteiger partial charge < -0.3 is 4.98 Å². The molecule has 1 heterocycles. The lowest BCUT2D eigenvalue weighted by Gasteiger charge is -2.02. The molecule has 2 aromatic rings. The Morgan fingerprint density at radius 3 is 2.50 bits per heavy atom. The maximum atomic E-state index is 11.1. The van der Waals surface area contributed by atoms with Crippen LogP contribution >= 0.6 is 39.1 Å². The van der Waals surface area contributed by atoms with E-state index in [2.05, 4.69) is 20.9 Å². The van der Waals surface area contributed by atoms with Gasteiger partial charge in [-0.3, -0.25) is 4.79 Å². The van der Waals surface area contributed by atoms with Crippen LogP contribution in [0, 0.1) is 0 Å². The molecule has 2 nitrogen and oxygen atoms in total. The van der Waals surface area contributed by atoms with Crippen LogP contribution in [0.3, 0.4) is 0 Å². The molecule has 0 aliphatic heterocycles. The predicted molar refractivity (Wildman–Crippen MR) is 62.3 cm³/mol. The predicted octanol–water partition coefficient (Wildman–Crippen LogP) is 3.60. The van der Waals surface area contributed by atoms with Crippen molar-refractivity contribution >= 4 is 49.9 Å². The van der Waals surface area contributed by atoms with E-state index in [1.807, 2.05) is 0 Å².